The van der Waals surface area contributed by atoms with E-state index >= 15 is 0 Å². The van der Waals surface area contributed by atoms with Crippen molar-refractivity contribution in [3.8, 4) is 0 Å². The molecule has 7 heteroatoms. The molecule has 2 heterocycles. The van der Waals surface area contributed by atoms with Crippen LogP contribution in [-0.2, 0) is 26.8 Å². The number of fused-ring (bicyclic) bond motifs is 1. The van der Waals surface area contributed by atoms with E-state index in [2.05, 4.69) is 0 Å². The Morgan fingerprint density at radius 3 is 2.94 bits per heavy atom. The molecule has 0 radical (unpaired) electrons. The van der Waals surface area contributed by atoms with Crippen molar-refractivity contribution in [2.75, 3.05) is 5.75 Å². The van der Waals surface area contributed by atoms with Crippen molar-refractivity contribution in [1.82, 2.24) is 0 Å². The summed E-state index contributed by atoms with van der Waals surface area (Å²) in [5, 5.41) is 8.61. The normalized spacial score (nSPS) is 19.2. The zero-order valence-electron chi connectivity index (χ0n) is 9.76. The van der Waals surface area contributed by atoms with Gasteiger partial charge in [0.1, 0.15) is 0 Å². The molecule has 5 nitrogen and oxygen atoms in total. The minimum Gasteiger partial charge on any atom is -0.481 e. The highest BCUT2D eigenvalue weighted by molar-refractivity contribution is 7.90. The summed E-state index contributed by atoms with van der Waals surface area (Å²) in [4.78, 5) is 12.4. The molecule has 3 N–H and O–H groups in total. The molecule has 0 spiro atoms. The van der Waals surface area contributed by atoms with Gasteiger partial charge in [-0.2, -0.15) is 0 Å². The van der Waals surface area contributed by atoms with Gasteiger partial charge in [-0.15, -0.1) is 11.3 Å². The van der Waals surface area contributed by atoms with E-state index in [9.17, 15) is 13.2 Å². The lowest BCUT2D eigenvalue weighted by Crippen LogP contribution is -2.16. The van der Waals surface area contributed by atoms with Crippen molar-refractivity contribution >= 4 is 27.1 Å². The summed E-state index contributed by atoms with van der Waals surface area (Å²) in [5.74, 6) is -0.580. The minimum atomic E-state index is -2.96. The third kappa shape index (κ3) is 3.09. The van der Waals surface area contributed by atoms with Crippen LogP contribution in [-0.4, -0.2) is 25.2 Å². The van der Waals surface area contributed by atoms with Gasteiger partial charge in [0, 0.05) is 22.2 Å². The Hall–Kier alpha value is -0.920. The molecule has 0 amide bonds. The minimum absolute atomic E-state index is 0.0298. The lowest BCUT2D eigenvalue weighted by Gasteiger charge is -2.10. The second kappa shape index (κ2) is 4.99. The molecule has 1 aliphatic heterocycles. The first-order valence-electron chi connectivity index (χ1n) is 5.66. The zero-order chi connectivity index (χ0) is 13.3. The summed E-state index contributed by atoms with van der Waals surface area (Å²) < 4.78 is 23.0. The quantitative estimate of drug-likeness (QED) is 0.864. The number of rotatable bonds is 4. The third-order valence-corrected chi connectivity index (χ3v) is 5.91. The predicted molar refractivity (Wildman–Crippen MR) is 69.3 cm³/mol. The first-order valence-corrected chi connectivity index (χ1v) is 8.30. The molecule has 1 aromatic heterocycles. The van der Waals surface area contributed by atoms with Crippen LogP contribution in [0.4, 0.5) is 0 Å². The van der Waals surface area contributed by atoms with Gasteiger partial charge in [0.15, 0.2) is 9.84 Å². The van der Waals surface area contributed by atoms with Crippen molar-refractivity contribution < 1.29 is 18.3 Å². The van der Waals surface area contributed by atoms with Crippen molar-refractivity contribution in [1.29, 1.82) is 0 Å². The van der Waals surface area contributed by atoms with Crippen LogP contribution in [0.25, 0.3) is 0 Å². The second-order valence-electron chi connectivity index (χ2n) is 4.48. The van der Waals surface area contributed by atoms with E-state index < -0.39 is 15.8 Å². The van der Waals surface area contributed by atoms with Crippen LogP contribution < -0.4 is 5.73 Å². The summed E-state index contributed by atoms with van der Waals surface area (Å²) in [7, 11) is -2.96. The van der Waals surface area contributed by atoms with Crippen molar-refractivity contribution in [2.45, 2.75) is 31.1 Å². The molecule has 100 valence electrons. The maximum Gasteiger partial charge on any atom is 0.303 e. The fourth-order valence-corrected chi connectivity index (χ4v) is 4.82. The number of thiophene rings is 1. The maximum absolute atomic E-state index is 11.5. The third-order valence-electron chi connectivity index (χ3n) is 2.97. The standard InChI is InChI=1S/C11H15NO4S2/c12-8(1-2-11(13)14)10-5-7-6-18(15,16)4-3-9(7)17-10/h5,8H,1-4,6,12H2,(H,13,14). The molecule has 0 aromatic carbocycles. The summed E-state index contributed by atoms with van der Waals surface area (Å²) in [5.41, 5.74) is 6.76. The molecule has 1 atom stereocenters. The number of carboxylic acid groups (broad SMARTS) is 1. The van der Waals surface area contributed by atoms with E-state index in [4.69, 9.17) is 10.8 Å². The van der Waals surface area contributed by atoms with Gasteiger partial charge in [-0.3, -0.25) is 4.79 Å². The predicted octanol–water partition coefficient (Wildman–Crippen LogP) is 1.08. The number of hydrogen-bond donors (Lipinski definition) is 2. The molecule has 0 saturated carbocycles. The van der Waals surface area contributed by atoms with Crippen molar-refractivity contribution in [2.24, 2.45) is 5.73 Å². The van der Waals surface area contributed by atoms with Gasteiger partial charge in [-0.1, -0.05) is 0 Å². The van der Waals surface area contributed by atoms with E-state index in [1.165, 1.54) is 11.3 Å². The Kier molecular flexibility index (Phi) is 3.74. The Morgan fingerprint density at radius 2 is 2.28 bits per heavy atom. The molecule has 0 aliphatic carbocycles. The number of aryl methyl sites for hydroxylation is 1. The topological polar surface area (TPSA) is 97.5 Å². The number of nitrogens with two attached hydrogens (primary N) is 1. The van der Waals surface area contributed by atoms with Gasteiger partial charge in [-0.05, 0) is 24.5 Å². The first-order chi connectivity index (χ1) is 8.37. The van der Waals surface area contributed by atoms with Crippen LogP contribution in [0.5, 0.6) is 0 Å². The van der Waals surface area contributed by atoms with E-state index in [0.29, 0.717) is 12.8 Å². The van der Waals surface area contributed by atoms with Crippen LogP contribution in [0.1, 0.15) is 34.2 Å². The largest absolute Gasteiger partial charge is 0.481 e. The van der Waals surface area contributed by atoms with Crippen LogP contribution in [0.2, 0.25) is 0 Å². The number of sulfone groups is 1. The van der Waals surface area contributed by atoms with E-state index in [1.807, 2.05) is 6.07 Å². The summed E-state index contributed by atoms with van der Waals surface area (Å²) in [6.07, 6.45) is 0.956. The number of carbonyl (C=O) groups is 1. The molecule has 1 aliphatic rings. The maximum atomic E-state index is 11.5. The Labute approximate surface area is 110 Å². The summed E-state index contributed by atoms with van der Waals surface area (Å²) >= 11 is 1.51. The lowest BCUT2D eigenvalue weighted by atomic mass is 10.1. The molecule has 0 saturated heterocycles. The van der Waals surface area contributed by atoms with Crippen molar-refractivity contribution in [3.63, 3.8) is 0 Å². The highest BCUT2D eigenvalue weighted by atomic mass is 32.2. The van der Waals surface area contributed by atoms with E-state index in [0.717, 1.165) is 15.3 Å². The Bertz CT molecular complexity index is 562. The molecule has 2 rings (SSSR count). The van der Waals surface area contributed by atoms with Gasteiger partial charge in [-0.25, -0.2) is 8.42 Å². The monoisotopic (exact) mass is 289 g/mol. The SMILES string of the molecule is NC(CCC(=O)O)c1cc2c(s1)CCS(=O)(=O)C2. The molecule has 0 bridgehead atoms. The van der Waals surface area contributed by atoms with Gasteiger partial charge in [0.05, 0.1) is 11.5 Å². The van der Waals surface area contributed by atoms with Gasteiger partial charge >= 0.3 is 5.97 Å². The smallest absolute Gasteiger partial charge is 0.303 e. The van der Waals surface area contributed by atoms with Crippen LogP contribution >= 0.6 is 11.3 Å². The van der Waals surface area contributed by atoms with Crippen molar-refractivity contribution in [3.05, 3.63) is 21.4 Å². The summed E-state index contributed by atoms with van der Waals surface area (Å²) in [6.45, 7) is 0. The number of hydrogen-bond acceptors (Lipinski definition) is 5. The van der Waals surface area contributed by atoms with E-state index in [-0.39, 0.29) is 24.0 Å². The summed E-state index contributed by atoms with van der Waals surface area (Å²) in [6, 6.07) is 1.50. The van der Waals surface area contributed by atoms with Crippen LogP contribution in [0.3, 0.4) is 0 Å². The highest BCUT2D eigenvalue weighted by Crippen LogP contribution is 2.33. The molecular formula is C11H15NO4S2. The zero-order valence-corrected chi connectivity index (χ0v) is 11.4. The average Bonchev–Trinajstić information content (AvgIpc) is 2.67. The Morgan fingerprint density at radius 1 is 1.56 bits per heavy atom. The molecule has 18 heavy (non-hydrogen) atoms. The Balaban J connectivity index is 2.13. The first kappa shape index (κ1) is 13.5. The molecular weight excluding hydrogens is 274 g/mol. The molecule has 1 unspecified atom stereocenters. The van der Waals surface area contributed by atoms with Gasteiger partial charge in [0.2, 0.25) is 0 Å². The fourth-order valence-electron chi connectivity index (χ4n) is 1.98. The van der Waals surface area contributed by atoms with E-state index in [1.54, 1.807) is 0 Å². The fraction of sp³-hybridized carbons (Fsp3) is 0.545. The number of carboxylic acids is 1. The van der Waals surface area contributed by atoms with Crippen LogP contribution in [0, 0.1) is 0 Å². The van der Waals surface area contributed by atoms with Gasteiger partial charge < -0.3 is 10.8 Å². The molecule has 0 fully saturated rings. The van der Waals surface area contributed by atoms with Crippen LogP contribution in [0.15, 0.2) is 6.07 Å². The lowest BCUT2D eigenvalue weighted by molar-refractivity contribution is -0.137. The molecule has 1 aromatic rings. The second-order valence-corrected chi connectivity index (χ2v) is 7.83. The number of aliphatic carboxylic acids is 1. The van der Waals surface area contributed by atoms with Gasteiger partial charge in [0.25, 0.3) is 0 Å². The average molecular weight is 289 g/mol. The highest BCUT2D eigenvalue weighted by Gasteiger charge is 2.24.